The van der Waals surface area contributed by atoms with E-state index < -0.39 is 7.14 Å². The van der Waals surface area contributed by atoms with Crippen LogP contribution in [-0.4, -0.2) is 25.4 Å². The van der Waals surface area contributed by atoms with E-state index in [0.717, 1.165) is 30.7 Å². The van der Waals surface area contributed by atoms with Crippen molar-refractivity contribution in [2.24, 2.45) is 0 Å². The van der Waals surface area contributed by atoms with Crippen LogP contribution < -0.4 is 10.2 Å². The van der Waals surface area contributed by atoms with Crippen molar-refractivity contribution >= 4 is 18.1 Å². The Morgan fingerprint density at radius 2 is 1.78 bits per heavy atom. The van der Waals surface area contributed by atoms with Crippen LogP contribution in [-0.2, 0) is 4.57 Å². The van der Waals surface area contributed by atoms with Gasteiger partial charge < -0.3 is 9.46 Å². The molecule has 3 heteroatoms. The average molecular weight is 263 g/mol. The monoisotopic (exact) mass is 263 g/mol. The van der Waals surface area contributed by atoms with Gasteiger partial charge in [-0.05, 0) is 45.0 Å². The van der Waals surface area contributed by atoms with Crippen molar-refractivity contribution in [2.45, 2.75) is 20.8 Å². The van der Waals surface area contributed by atoms with E-state index in [1.807, 2.05) is 0 Å². The minimum atomic E-state index is -2.16. The van der Waals surface area contributed by atoms with Gasteiger partial charge in [0.15, 0.2) is 0 Å². The Morgan fingerprint density at radius 3 is 2.22 bits per heavy atom. The van der Waals surface area contributed by atoms with Gasteiger partial charge in [0.2, 0.25) is 0 Å². The molecule has 1 heterocycles. The summed E-state index contributed by atoms with van der Waals surface area (Å²) in [6.07, 6.45) is 3.63. The summed E-state index contributed by atoms with van der Waals surface area (Å²) in [5, 5.41) is 1.03. The highest BCUT2D eigenvalue weighted by Gasteiger charge is 2.28. The lowest BCUT2D eigenvalue weighted by Gasteiger charge is -2.22. The summed E-state index contributed by atoms with van der Waals surface area (Å²) >= 11 is 0. The second kappa shape index (κ2) is 5.32. The molecule has 0 saturated carbocycles. The van der Waals surface area contributed by atoms with Crippen LogP contribution in [0.25, 0.3) is 0 Å². The van der Waals surface area contributed by atoms with Gasteiger partial charge in [0.1, 0.15) is 7.14 Å². The topological polar surface area (TPSA) is 20.3 Å². The predicted molar refractivity (Wildman–Crippen MR) is 80.7 cm³/mol. The molecule has 0 aliphatic carbocycles. The number of nitrogens with zero attached hydrogens (tertiary/aromatic N) is 1. The lowest BCUT2D eigenvalue weighted by Crippen LogP contribution is -2.22. The Balaban J connectivity index is 2.21. The van der Waals surface area contributed by atoms with E-state index in [1.165, 1.54) is 11.3 Å². The van der Waals surface area contributed by atoms with E-state index in [0.29, 0.717) is 0 Å². The number of rotatable bonds is 4. The van der Waals surface area contributed by atoms with Crippen molar-refractivity contribution in [1.29, 1.82) is 0 Å². The summed E-state index contributed by atoms with van der Waals surface area (Å²) in [5.74, 6) is 0. The number of hydrogen-bond acceptors (Lipinski definition) is 2. The molecule has 18 heavy (non-hydrogen) atoms. The first-order valence-corrected chi connectivity index (χ1v) is 8.76. The van der Waals surface area contributed by atoms with Gasteiger partial charge in [0.25, 0.3) is 0 Å². The Labute approximate surface area is 110 Å². The van der Waals surface area contributed by atoms with Gasteiger partial charge in [0.05, 0.1) is 0 Å². The smallest absolute Gasteiger partial charge is 0.123 e. The summed E-state index contributed by atoms with van der Waals surface area (Å²) < 4.78 is 12.8. The lowest BCUT2D eigenvalue weighted by atomic mass is 10.3. The van der Waals surface area contributed by atoms with Crippen molar-refractivity contribution in [3.05, 3.63) is 35.9 Å². The summed E-state index contributed by atoms with van der Waals surface area (Å²) in [4.78, 5) is 2.30. The van der Waals surface area contributed by atoms with Gasteiger partial charge in [-0.25, -0.2) is 0 Å². The van der Waals surface area contributed by atoms with Gasteiger partial charge in [-0.2, -0.15) is 0 Å². The van der Waals surface area contributed by atoms with Gasteiger partial charge in [0, 0.05) is 36.4 Å². The van der Waals surface area contributed by atoms with Gasteiger partial charge in [-0.1, -0.05) is 11.6 Å². The van der Waals surface area contributed by atoms with Crippen molar-refractivity contribution in [3.63, 3.8) is 0 Å². The Bertz CT molecular complexity index is 486. The third-order valence-electron chi connectivity index (χ3n) is 3.69. The molecular formula is C15H22NOP. The van der Waals surface area contributed by atoms with E-state index in [4.69, 9.17) is 0 Å². The molecule has 1 aliphatic rings. The quantitative estimate of drug-likeness (QED) is 0.612. The zero-order valence-corrected chi connectivity index (χ0v) is 12.4. The summed E-state index contributed by atoms with van der Waals surface area (Å²) in [5.41, 5.74) is 2.49. The highest BCUT2D eigenvalue weighted by molar-refractivity contribution is 7.72. The number of hydrogen-bond donors (Lipinski definition) is 0. The van der Waals surface area contributed by atoms with Crippen molar-refractivity contribution in [2.75, 3.05) is 30.3 Å². The molecule has 0 radical (unpaired) electrons. The molecule has 0 aromatic heterocycles. The zero-order chi connectivity index (χ0) is 13.2. The number of anilines is 1. The summed E-state index contributed by atoms with van der Waals surface area (Å²) in [6, 6.07) is 8.33. The SMILES string of the molecule is CCN(CC)c1ccc(P2(=O)CC=C(C)C2)cc1. The Hall–Kier alpha value is -1.01. The van der Waals surface area contributed by atoms with E-state index in [-0.39, 0.29) is 0 Å². The summed E-state index contributed by atoms with van der Waals surface area (Å²) in [7, 11) is -2.16. The van der Waals surface area contributed by atoms with Crippen LogP contribution in [0.2, 0.25) is 0 Å². The zero-order valence-electron chi connectivity index (χ0n) is 11.5. The van der Waals surface area contributed by atoms with Gasteiger partial charge in [-0.3, -0.25) is 0 Å². The van der Waals surface area contributed by atoms with Crippen molar-refractivity contribution in [3.8, 4) is 0 Å². The maximum absolute atomic E-state index is 12.8. The highest BCUT2D eigenvalue weighted by Crippen LogP contribution is 2.50. The molecule has 1 aromatic carbocycles. The molecule has 98 valence electrons. The predicted octanol–water partition coefficient (Wildman–Crippen LogP) is 3.48. The summed E-state index contributed by atoms with van der Waals surface area (Å²) in [6.45, 7) is 8.40. The molecule has 2 rings (SSSR count). The Morgan fingerprint density at radius 1 is 1.17 bits per heavy atom. The average Bonchev–Trinajstić information content (AvgIpc) is 2.73. The fourth-order valence-corrected chi connectivity index (χ4v) is 5.31. The second-order valence-electron chi connectivity index (χ2n) is 4.97. The number of benzene rings is 1. The van der Waals surface area contributed by atoms with Crippen LogP contribution in [0, 0.1) is 0 Å². The third-order valence-corrected chi connectivity index (χ3v) is 6.71. The van der Waals surface area contributed by atoms with E-state index >= 15 is 0 Å². The standard InChI is InChI=1S/C15H22NOP/c1-4-16(5-2)14-6-8-15(9-7-14)18(17)11-10-13(3)12-18/h6-10H,4-5,11-12H2,1-3H3. The van der Waals surface area contributed by atoms with E-state index in [9.17, 15) is 4.57 Å². The molecule has 1 aromatic rings. The van der Waals surface area contributed by atoms with Crippen LogP contribution in [0.1, 0.15) is 20.8 Å². The largest absolute Gasteiger partial charge is 0.372 e. The second-order valence-corrected chi connectivity index (χ2v) is 7.95. The first kappa shape index (κ1) is 13.4. The first-order valence-electron chi connectivity index (χ1n) is 6.68. The molecule has 0 amide bonds. The molecule has 1 atom stereocenters. The fraction of sp³-hybridized carbons (Fsp3) is 0.467. The molecule has 0 N–H and O–H groups in total. The molecule has 0 fully saturated rings. The minimum Gasteiger partial charge on any atom is -0.372 e. The molecule has 0 bridgehead atoms. The highest BCUT2D eigenvalue weighted by atomic mass is 31.2. The van der Waals surface area contributed by atoms with Crippen molar-refractivity contribution < 1.29 is 4.57 Å². The molecule has 2 nitrogen and oxygen atoms in total. The van der Waals surface area contributed by atoms with E-state index in [1.54, 1.807) is 0 Å². The molecule has 0 spiro atoms. The van der Waals surface area contributed by atoms with Crippen molar-refractivity contribution in [1.82, 2.24) is 0 Å². The van der Waals surface area contributed by atoms with Crippen LogP contribution in [0.5, 0.6) is 0 Å². The molecule has 1 aliphatic heterocycles. The molecule has 0 saturated heterocycles. The van der Waals surface area contributed by atoms with Crippen LogP contribution in [0.15, 0.2) is 35.9 Å². The maximum atomic E-state index is 12.8. The normalized spacial score (nSPS) is 22.9. The molecular weight excluding hydrogens is 241 g/mol. The first-order chi connectivity index (χ1) is 8.59. The van der Waals surface area contributed by atoms with Crippen LogP contribution in [0.3, 0.4) is 0 Å². The fourth-order valence-electron chi connectivity index (χ4n) is 2.56. The molecule has 1 unspecified atom stereocenters. The maximum Gasteiger partial charge on any atom is 0.123 e. The minimum absolute atomic E-state index is 0.740. The lowest BCUT2D eigenvalue weighted by molar-refractivity contribution is 0.585. The number of allylic oxidation sites excluding steroid dienone is 2. The third kappa shape index (κ3) is 2.54. The van der Waals surface area contributed by atoms with Crippen LogP contribution >= 0.6 is 7.14 Å². The van der Waals surface area contributed by atoms with Gasteiger partial charge >= 0.3 is 0 Å². The van der Waals surface area contributed by atoms with E-state index in [2.05, 4.69) is 56.0 Å². The van der Waals surface area contributed by atoms with Crippen LogP contribution in [0.4, 0.5) is 5.69 Å². The van der Waals surface area contributed by atoms with Gasteiger partial charge in [-0.15, -0.1) is 0 Å². The Kier molecular flexibility index (Phi) is 3.97.